The van der Waals surface area contributed by atoms with Crippen LogP contribution < -0.4 is 0 Å². The van der Waals surface area contributed by atoms with Crippen molar-refractivity contribution in [2.24, 2.45) is 0 Å². The zero-order valence-electron chi connectivity index (χ0n) is 10.0. The summed E-state index contributed by atoms with van der Waals surface area (Å²) in [5.74, 6) is -0.478. The van der Waals surface area contributed by atoms with E-state index in [0.717, 1.165) is 11.4 Å². The Balaban J connectivity index is 2.48. The molecule has 5 heteroatoms. The number of carbonyl (C=O) groups excluding carboxylic acids is 1. The van der Waals surface area contributed by atoms with Gasteiger partial charge in [0.2, 0.25) is 0 Å². The van der Waals surface area contributed by atoms with Gasteiger partial charge in [0.1, 0.15) is 0 Å². The molecule has 2 aromatic rings. The molecule has 0 fully saturated rings. The van der Waals surface area contributed by atoms with Crippen molar-refractivity contribution in [1.82, 2.24) is 9.78 Å². The van der Waals surface area contributed by atoms with Crippen LogP contribution in [0.2, 0.25) is 0 Å². The lowest BCUT2D eigenvalue weighted by atomic mass is 10.2. The number of benzene rings is 1. The van der Waals surface area contributed by atoms with Gasteiger partial charge >= 0.3 is 5.97 Å². The first-order valence-corrected chi connectivity index (χ1v) is 5.31. The Labute approximate surface area is 104 Å². The number of methoxy groups -OCH3 is 1. The van der Waals surface area contributed by atoms with Crippen LogP contribution in [0.4, 0.5) is 0 Å². The van der Waals surface area contributed by atoms with Crippen LogP contribution in [0, 0.1) is 18.3 Å². The zero-order valence-corrected chi connectivity index (χ0v) is 10.0. The van der Waals surface area contributed by atoms with Gasteiger partial charge in [-0.3, -0.25) is 0 Å². The molecule has 0 aliphatic heterocycles. The predicted octanol–water partition coefficient (Wildman–Crippen LogP) is 1.84. The van der Waals surface area contributed by atoms with Gasteiger partial charge in [-0.15, -0.1) is 0 Å². The molecule has 1 heterocycles. The summed E-state index contributed by atoms with van der Waals surface area (Å²) in [6, 6.07) is 10.7. The molecule has 0 saturated heterocycles. The first kappa shape index (κ1) is 11.9. The van der Waals surface area contributed by atoms with Gasteiger partial charge in [-0.1, -0.05) is 6.07 Å². The minimum Gasteiger partial charge on any atom is -0.464 e. The summed E-state index contributed by atoms with van der Waals surface area (Å²) < 4.78 is 6.22. The number of esters is 1. The number of aryl methyl sites for hydroxylation is 1. The summed E-state index contributed by atoms with van der Waals surface area (Å²) in [7, 11) is 1.31. The maximum Gasteiger partial charge on any atom is 0.358 e. The molecule has 5 nitrogen and oxygen atoms in total. The lowest BCUT2D eigenvalue weighted by Gasteiger charge is -2.03. The van der Waals surface area contributed by atoms with Crippen molar-refractivity contribution in [2.75, 3.05) is 7.11 Å². The fourth-order valence-electron chi connectivity index (χ4n) is 1.65. The van der Waals surface area contributed by atoms with Crippen LogP contribution in [0.25, 0.3) is 5.69 Å². The van der Waals surface area contributed by atoms with E-state index in [4.69, 9.17) is 5.26 Å². The van der Waals surface area contributed by atoms with Gasteiger partial charge in [0.05, 0.1) is 24.4 Å². The minimum atomic E-state index is -0.478. The molecule has 0 radical (unpaired) electrons. The highest BCUT2D eigenvalue weighted by atomic mass is 16.5. The molecule has 0 aliphatic rings. The van der Waals surface area contributed by atoms with Crippen molar-refractivity contribution in [1.29, 1.82) is 5.26 Å². The largest absolute Gasteiger partial charge is 0.464 e. The second-order valence-corrected chi connectivity index (χ2v) is 3.74. The summed E-state index contributed by atoms with van der Waals surface area (Å²) in [4.78, 5) is 11.4. The third kappa shape index (κ3) is 2.09. The van der Waals surface area contributed by atoms with Crippen LogP contribution >= 0.6 is 0 Å². The van der Waals surface area contributed by atoms with E-state index in [1.807, 2.05) is 13.0 Å². The van der Waals surface area contributed by atoms with Crippen LogP contribution in [0.15, 0.2) is 30.3 Å². The van der Waals surface area contributed by atoms with Crippen LogP contribution in [0.5, 0.6) is 0 Å². The minimum absolute atomic E-state index is 0.248. The van der Waals surface area contributed by atoms with E-state index in [-0.39, 0.29) is 5.69 Å². The molecule has 0 N–H and O–H groups in total. The number of nitriles is 1. The molecule has 0 aliphatic carbocycles. The van der Waals surface area contributed by atoms with Gasteiger partial charge < -0.3 is 4.74 Å². The first-order valence-electron chi connectivity index (χ1n) is 5.31. The molecule has 0 amide bonds. The maximum atomic E-state index is 11.4. The Hall–Kier alpha value is -2.61. The standard InChI is InChI=1S/C13H11N3O2/c1-9-6-12(13(17)18-2)15-16(9)11-5-3-4-10(7-11)8-14/h3-7H,1-2H3. The monoisotopic (exact) mass is 241 g/mol. The first-order chi connectivity index (χ1) is 8.65. The van der Waals surface area contributed by atoms with Gasteiger partial charge in [-0.2, -0.15) is 10.4 Å². The van der Waals surface area contributed by atoms with E-state index >= 15 is 0 Å². The van der Waals surface area contributed by atoms with Crippen molar-refractivity contribution in [2.45, 2.75) is 6.92 Å². The Bertz CT molecular complexity index is 638. The highest BCUT2D eigenvalue weighted by molar-refractivity contribution is 5.87. The summed E-state index contributed by atoms with van der Waals surface area (Å²) in [5, 5.41) is 13.0. The molecular formula is C13H11N3O2. The van der Waals surface area contributed by atoms with Gasteiger partial charge in [0, 0.05) is 5.69 Å². The summed E-state index contributed by atoms with van der Waals surface area (Å²) in [5.41, 5.74) is 2.33. The molecule has 0 saturated carbocycles. The summed E-state index contributed by atoms with van der Waals surface area (Å²) >= 11 is 0. The van der Waals surface area contributed by atoms with Gasteiger partial charge in [0.15, 0.2) is 5.69 Å². The molecule has 2 rings (SSSR count). The molecule has 0 bridgehead atoms. The molecule has 0 unspecified atom stereocenters. The van der Waals surface area contributed by atoms with Crippen molar-refractivity contribution < 1.29 is 9.53 Å². The third-order valence-electron chi connectivity index (χ3n) is 2.50. The Morgan fingerprint density at radius 2 is 2.22 bits per heavy atom. The second-order valence-electron chi connectivity index (χ2n) is 3.74. The van der Waals surface area contributed by atoms with Crippen molar-refractivity contribution in [3.05, 3.63) is 47.3 Å². The van der Waals surface area contributed by atoms with Crippen LogP contribution in [-0.4, -0.2) is 22.9 Å². The number of ether oxygens (including phenoxy) is 1. The SMILES string of the molecule is COC(=O)c1cc(C)n(-c2cccc(C#N)c2)n1. The van der Waals surface area contributed by atoms with Crippen LogP contribution in [0.1, 0.15) is 21.7 Å². The smallest absolute Gasteiger partial charge is 0.358 e. The predicted molar refractivity (Wildman–Crippen MR) is 64.4 cm³/mol. The summed E-state index contributed by atoms with van der Waals surface area (Å²) in [6.45, 7) is 1.83. The van der Waals surface area contributed by atoms with E-state index in [0.29, 0.717) is 5.56 Å². The van der Waals surface area contributed by atoms with Crippen molar-refractivity contribution in [3.8, 4) is 11.8 Å². The van der Waals surface area contributed by atoms with E-state index in [9.17, 15) is 4.79 Å². The molecular weight excluding hydrogens is 230 g/mol. The zero-order chi connectivity index (χ0) is 13.1. The number of carbonyl (C=O) groups is 1. The Morgan fingerprint density at radius 3 is 2.89 bits per heavy atom. The highest BCUT2D eigenvalue weighted by Crippen LogP contribution is 2.14. The molecule has 1 aromatic carbocycles. The fraction of sp³-hybridized carbons (Fsp3) is 0.154. The molecule has 18 heavy (non-hydrogen) atoms. The lowest BCUT2D eigenvalue weighted by Crippen LogP contribution is -2.04. The van der Waals surface area contributed by atoms with E-state index in [1.54, 1.807) is 28.9 Å². The summed E-state index contributed by atoms with van der Waals surface area (Å²) in [6.07, 6.45) is 0. The maximum absolute atomic E-state index is 11.4. The van der Waals surface area contributed by atoms with Crippen molar-refractivity contribution in [3.63, 3.8) is 0 Å². The highest BCUT2D eigenvalue weighted by Gasteiger charge is 2.13. The number of aromatic nitrogens is 2. The van der Waals surface area contributed by atoms with Gasteiger partial charge in [-0.25, -0.2) is 9.48 Å². The quantitative estimate of drug-likeness (QED) is 0.752. The fourth-order valence-corrected chi connectivity index (χ4v) is 1.65. The molecule has 0 spiro atoms. The average Bonchev–Trinajstić information content (AvgIpc) is 2.80. The van der Waals surface area contributed by atoms with Crippen LogP contribution in [-0.2, 0) is 4.74 Å². The van der Waals surface area contributed by atoms with E-state index in [2.05, 4.69) is 15.9 Å². The van der Waals surface area contributed by atoms with Crippen LogP contribution in [0.3, 0.4) is 0 Å². The lowest BCUT2D eigenvalue weighted by molar-refractivity contribution is 0.0593. The van der Waals surface area contributed by atoms with E-state index < -0.39 is 5.97 Å². The number of rotatable bonds is 2. The number of nitrogens with zero attached hydrogens (tertiary/aromatic N) is 3. The molecule has 90 valence electrons. The Kier molecular flexibility index (Phi) is 3.11. The molecule has 1 aromatic heterocycles. The number of hydrogen-bond acceptors (Lipinski definition) is 4. The normalized spacial score (nSPS) is 9.83. The molecule has 0 atom stereocenters. The topological polar surface area (TPSA) is 67.9 Å². The third-order valence-corrected chi connectivity index (χ3v) is 2.50. The average molecular weight is 241 g/mol. The van der Waals surface area contributed by atoms with Gasteiger partial charge in [0.25, 0.3) is 0 Å². The van der Waals surface area contributed by atoms with Gasteiger partial charge in [-0.05, 0) is 31.2 Å². The van der Waals surface area contributed by atoms with Crippen molar-refractivity contribution >= 4 is 5.97 Å². The van der Waals surface area contributed by atoms with E-state index in [1.165, 1.54) is 7.11 Å². The second kappa shape index (κ2) is 4.72. The Morgan fingerprint density at radius 1 is 1.44 bits per heavy atom. The number of hydrogen-bond donors (Lipinski definition) is 0.